The molecule has 0 spiro atoms. The number of aromatic nitrogens is 5. The van der Waals surface area contributed by atoms with Crippen molar-refractivity contribution in [1.29, 1.82) is 0 Å². The van der Waals surface area contributed by atoms with E-state index in [0.29, 0.717) is 18.5 Å². The van der Waals surface area contributed by atoms with Gasteiger partial charge in [0, 0.05) is 19.0 Å². The van der Waals surface area contributed by atoms with E-state index in [4.69, 9.17) is 4.74 Å². The predicted octanol–water partition coefficient (Wildman–Crippen LogP) is 0.288. The lowest BCUT2D eigenvalue weighted by molar-refractivity contribution is -0.108. The first kappa shape index (κ1) is 20.1. The molecule has 4 atom stereocenters. The molecule has 11 nitrogen and oxygen atoms in total. The van der Waals surface area contributed by atoms with E-state index in [9.17, 15) is 19.8 Å². The van der Waals surface area contributed by atoms with E-state index in [-0.39, 0.29) is 36.2 Å². The Balaban J connectivity index is 1.66. The van der Waals surface area contributed by atoms with E-state index in [1.807, 2.05) is 12.1 Å². The number of carbonyl (C=O) groups is 1. The summed E-state index contributed by atoms with van der Waals surface area (Å²) < 4.78 is 7.23. The largest absolute Gasteiger partial charge is 0.394 e. The maximum absolute atomic E-state index is 12.5. The van der Waals surface area contributed by atoms with E-state index in [0.717, 1.165) is 6.29 Å². The molecule has 1 saturated heterocycles. The lowest BCUT2D eigenvalue weighted by Crippen LogP contribution is -2.24. The zero-order chi connectivity index (χ0) is 21.1. The highest BCUT2D eigenvalue weighted by atomic mass is 16.5. The number of rotatable bonds is 8. The number of anilines is 1. The molecule has 1 aliphatic rings. The van der Waals surface area contributed by atoms with Gasteiger partial charge in [0.25, 0.3) is 5.56 Å². The van der Waals surface area contributed by atoms with Gasteiger partial charge in [0.15, 0.2) is 11.2 Å². The summed E-state index contributed by atoms with van der Waals surface area (Å²) in [5.74, 6) is 0.202. The monoisotopic (exact) mass is 414 g/mol. The molecule has 0 aromatic carbocycles. The summed E-state index contributed by atoms with van der Waals surface area (Å²) in [7, 11) is 0. The molecule has 30 heavy (non-hydrogen) atoms. The highest BCUT2D eigenvalue weighted by molar-refractivity contribution is 5.71. The molecule has 3 aromatic heterocycles. The zero-order valence-electron chi connectivity index (χ0n) is 16.0. The van der Waals surface area contributed by atoms with Crippen molar-refractivity contribution < 1.29 is 19.7 Å². The summed E-state index contributed by atoms with van der Waals surface area (Å²) >= 11 is 0. The molecule has 1 aliphatic heterocycles. The first-order valence-electron chi connectivity index (χ1n) is 9.63. The van der Waals surface area contributed by atoms with Crippen molar-refractivity contribution in [2.24, 2.45) is 0 Å². The highest BCUT2D eigenvalue weighted by Gasteiger charge is 2.35. The number of nitrogens with one attached hydrogen (secondary N) is 2. The van der Waals surface area contributed by atoms with Crippen molar-refractivity contribution >= 4 is 23.4 Å². The smallest absolute Gasteiger partial charge is 0.280 e. The Hall–Kier alpha value is -3.15. The molecule has 0 amide bonds. The molecule has 11 heteroatoms. The third kappa shape index (κ3) is 3.95. The average Bonchev–Trinajstić information content (AvgIpc) is 3.35. The number of ether oxygens (including phenoxy) is 1. The van der Waals surface area contributed by atoms with Gasteiger partial charge < -0.3 is 25.1 Å². The standard InChI is InChI=1S/C19H22N6O5/c26-7-3-5-12(11-4-1-2-6-20-11)22-19-23-17-16(18(29)24-19)21-10-25(17)15-8-13(28)14(9-27)30-15/h1-2,4,6-7,10,12-15,27-28H,3,5,8-9H2,(H2,22,23,24,29)/t12?,13-,14+,15+/m0/s1. The van der Waals surface area contributed by atoms with E-state index >= 15 is 0 Å². The number of imidazole rings is 1. The summed E-state index contributed by atoms with van der Waals surface area (Å²) in [6, 6.07) is 5.12. The minimum atomic E-state index is -0.825. The van der Waals surface area contributed by atoms with Crippen molar-refractivity contribution in [1.82, 2.24) is 24.5 Å². The van der Waals surface area contributed by atoms with Gasteiger partial charge >= 0.3 is 0 Å². The topological polar surface area (TPSA) is 155 Å². The molecule has 158 valence electrons. The first-order valence-corrected chi connectivity index (χ1v) is 9.63. The van der Waals surface area contributed by atoms with Crippen LogP contribution in [0.15, 0.2) is 35.5 Å². The quantitative estimate of drug-likeness (QED) is 0.380. The van der Waals surface area contributed by atoms with E-state index in [1.54, 1.807) is 16.8 Å². The minimum Gasteiger partial charge on any atom is -0.394 e. The normalized spacial score (nSPS) is 22.3. The molecule has 4 rings (SSSR count). The lowest BCUT2D eigenvalue weighted by atomic mass is 10.1. The number of nitrogens with zero attached hydrogens (tertiary/aromatic N) is 4. The van der Waals surface area contributed by atoms with Gasteiger partial charge in [-0.05, 0) is 18.6 Å². The number of hydrogen-bond acceptors (Lipinski definition) is 9. The molecule has 4 N–H and O–H groups in total. The maximum Gasteiger partial charge on any atom is 0.280 e. The average molecular weight is 414 g/mol. The molecule has 0 saturated carbocycles. The number of pyridine rings is 1. The summed E-state index contributed by atoms with van der Waals surface area (Å²) in [5, 5.41) is 22.5. The van der Waals surface area contributed by atoms with Crippen molar-refractivity contribution in [3.8, 4) is 0 Å². The fourth-order valence-electron chi connectivity index (χ4n) is 3.53. The Morgan fingerprint density at radius 3 is 2.97 bits per heavy atom. The second-order valence-electron chi connectivity index (χ2n) is 7.05. The maximum atomic E-state index is 12.5. The van der Waals surface area contributed by atoms with Crippen LogP contribution in [-0.2, 0) is 9.53 Å². The van der Waals surface area contributed by atoms with Crippen LogP contribution >= 0.6 is 0 Å². The molecule has 0 radical (unpaired) electrons. The Labute approximate surface area is 170 Å². The molecule has 3 aromatic rings. The van der Waals surface area contributed by atoms with Crippen LogP contribution < -0.4 is 10.9 Å². The van der Waals surface area contributed by atoms with Crippen LogP contribution in [0, 0.1) is 0 Å². The number of H-pyrrole nitrogens is 1. The Morgan fingerprint density at radius 2 is 2.27 bits per heavy atom. The highest BCUT2D eigenvalue weighted by Crippen LogP contribution is 2.30. The predicted molar refractivity (Wildman–Crippen MR) is 106 cm³/mol. The molecule has 4 heterocycles. The molecular weight excluding hydrogens is 392 g/mol. The van der Waals surface area contributed by atoms with Gasteiger partial charge in [-0.1, -0.05) is 6.07 Å². The third-order valence-electron chi connectivity index (χ3n) is 5.06. The van der Waals surface area contributed by atoms with Crippen molar-refractivity contribution in [3.05, 3.63) is 46.8 Å². The van der Waals surface area contributed by atoms with Crippen LogP contribution in [0.4, 0.5) is 5.95 Å². The van der Waals surface area contributed by atoms with Gasteiger partial charge in [-0.2, -0.15) is 4.98 Å². The number of carbonyl (C=O) groups excluding carboxylic acids is 1. The molecular formula is C19H22N6O5. The van der Waals surface area contributed by atoms with E-state index < -0.39 is 24.0 Å². The third-order valence-corrected chi connectivity index (χ3v) is 5.06. The Kier molecular flexibility index (Phi) is 5.84. The van der Waals surface area contributed by atoms with Gasteiger partial charge in [0.1, 0.15) is 18.6 Å². The van der Waals surface area contributed by atoms with Crippen molar-refractivity contribution in [2.75, 3.05) is 11.9 Å². The van der Waals surface area contributed by atoms with Gasteiger partial charge in [0.2, 0.25) is 5.95 Å². The fourth-order valence-corrected chi connectivity index (χ4v) is 3.53. The van der Waals surface area contributed by atoms with Gasteiger partial charge in [-0.15, -0.1) is 0 Å². The number of aliphatic hydroxyl groups is 2. The summed E-state index contributed by atoms with van der Waals surface area (Å²) in [6.07, 6.45) is 2.79. The zero-order valence-corrected chi connectivity index (χ0v) is 16.0. The molecule has 1 unspecified atom stereocenters. The van der Waals surface area contributed by atoms with Gasteiger partial charge in [0.05, 0.1) is 30.8 Å². The van der Waals surface area contributed by atoms with Crippen LogP contribution in [0.3, 0.4) is 0 Å². The van der Waals surface area contributed by atoms with Crippen LogP contribution in [0.5, 0.6) is 0 Å². The first-order chi connectivity index (χ1) is 14.6. The van der Waals surface area contributed by atoms with Crippen molar-refractivity contribution in [3.63, 3.8) is 0 Å². The molecule has 1 fully saturated rings. The Bertz CT molecular complexity index is 1070. The second kappa shape index (κ2) is 8.69. The van der Waals surface area contributed by atoms with Crippen LogP contribution in [0.25, 0.3) is 11.2 Å². The van der Waals surface area contributed by atoms with Crippen LogP contribution in [0.2, 0.25) is 0 Å². The summed E-state index contributed by atoms with van der Waals surface area (Å²) in [4.78, 5) is 39.0. The number of aliphatic hydroxyl groups excluding tert-OH is 2. The van der Waals surface area contributed by atoms with Gasteiger partial charge in [-0.3, -0.25) is 19.3 Å². The molecule has 0 bridgehead atoms. The summed E-state index contributed by atoms with van der Waals surface area (Å²) in [5.41, 5.74) is 0.692. The number of aldehydes is 1. The Morgan fingerprint density at radius 1 is 1.40 bits per heavy atom. The van der Waals surface area contributed by atoms with Crippen LogP contribution in [0.1, 0.15) is 37.2 Å². The summed E-state index contributed by atoms with van der Waals surface area (Å²) in [6.45, 7) is -0.312. The van der Waals surface area contributed by atoms with E-state index in [1.165, 1.54) is 6.33 Å². The second-order valence-corrected chi connectivity index (χ2v) is 7.05. The number of fused-ring (bicyclic) bond motifs is 1. The van der Waals surface area contributed by atoms with Crippen molar-refractivity contribution in [2.45, 2.75) is 43.7 Å². The fraction of sp³-hybridized carbons (Fsp3) is 0.421. The lowest BCUT2D eigenvalue weighted by Gasteiger charge is -2.18. The number of hydrogen-bond donors (Lipinski definition) is 4. The van der Waals surface area contributed by atoms with Crippen LogP contribution in [-0.4, -0.2) is 59.8 Å². The van der Waals surface area contributed by atoms with E-state index in [2.05, 4.69) is 25.3 Å². The number of aromatic amines is 1. The van der Waals surface area contributed by atoms with Gasteiger partial charge in [-0.25, -0.2) is 4.98 Å². The minimum absolute atomic E-state index is 0.133. The SMILES string of the molecule is O=CCCC(Nc1nc2c(ncn2[C@H]2C[C@H](O)[C@@H](CO)O2)c(=O)[nH]1)c1ccccn1. The molecule has 0 aliphatic carbocycles.